The highest BCUT2D eigenvalue weighted by atomic mass is 16.5. The molecule has 3 rings (SSSR count). The topological polar surface area (TPSA) is 43.4 Å². The van der Waals surface area contributed by atoms with Crippen LogP contribution in [0.1, 0.15) is 12.6 Å². The Morgan fingerprint density at radius 1 is 1.04 bits per heavy atom. The van der Waals surface area contributed by atoms with Gasteiger partial charge in [0, 0.05) is 16.8 Å². The molecule has 0 unspecified atom stereocenters. The highest BCUT2D eigenvalue weighted by molar-refractivity contribution is 5.94. The van der Waals surface area contributed by atoms with Gasteiger partial charge < -0.3 is 14.8 Å². The summed E-state index contributed by atoms with van der Waals surface area (Å²) in [5.41, 5.74) is 3.81. The summed E-state index contributed by atoms with van der Waals surface area (Å²) in [4.78, 5) is 4.59. The summed E-state index contributed by atoms with van der Waals surface area (Å²) in [6, 6.07) is 15.8. The molecule has 0 aliphatic heterocycles. The van der Waals surface area contributed by atoms with Crippen LogP contribution < -0.4 is 14.8 Å². The van der Waals surface area contributed by atoms with E-state index in [-0.39, 0.29) is 0 Å². The van der Waals surface area contributed by atoms with E-state index in [1.165, 1.54) is 0 Å². The number of aromatic nitrogens is 1. The predicted octanol–water partition coefficient (Wildman–Crippen LogP) is 4.69. The van der Waals surface area contributed by atoms with Crippen LogP contribution in [-0.4, -0.2) is 18.7 Å². The summed E-state index contributed by atoms with van der Waals surface area (Å²) in [5, 5.41) is 4.49. The van der Waals surface area contributed by atoms with Gasteiger partial charge in [0.1, 0.15) is 11.5 Å². The number of anilines is 2. The molecule has 0 fully saturated rings. The van der Waals surface area contributed by atoms with Crippen LogP contribution in [0.25, 0.3) is 10.9 Å². The first-order valence-electron chi connectivity index (χ1n) is 7.65. The average molecular weight is 308 g/mol. The van der Waals surface area contributed by atoms with Crippen molar-refractivity contribution >= 4 is 22.3 Å². The Bertz CT molecular complexity index is 831. The third kappa shape index (κ3) is 3.21. The lowest BCUT2D eigenvalue weighted by Gasteiger charge is -2.15. The Kier molecular flexibility index (Phi) is 4.33. The van der Waals surface area contributed by atoms with Gasteiger partial charge in [0.25, 0.3) is 0 Å². The number of nitrogens with one attached hydrogen (secondary N) is 1. The van der Waals surface area contributed by atoms with Crippen molar-refractivity contribution in [1.82, 2.24) is 4.98 Å². The standard InChI is InChI=1S/C19H20N2O2/c1-4-23-19-8-6-5-7-17(19)21-18-11-13(2)20-16-10-9-14(22-3)12-15(16)18/h5-12H,4H2,1-3H3,(H,20,21). The largest absolute Gasteiger partial charge is 0.497 e. The van der Waals surface area contributed by atoms with Crippen molar-refractivity contribution in [3.63, 3.8) is 0 Å². The van der Waals surface area contributed by atoms with Crippen LogP contribution >= 0.6 is 0 Å². The number of hydrogen-bond donors (Lipinski definition) is 1. The molecular weight excluding hydrogens is 288 g/mol. The van der Waals surface area contributed by atoms with E-state index in [1.54, 1.807) is 7.11 Å². The molecule has 23 heavy (non-hydrogen) atoms. The zero-order valence-corrected chi connectivity index (χ0v) is 13.6. The van der Waals surface area contributed by atoms with Crippen LogP contribution in [-0.2, 0) is 0 Å². The Morgan fingerprint density at radius 2 is 1.87 bits per heavy atom. The maximum atomic E-state index is 5.69. The monoisotopic (exact) mass is 308 g/mol. The summed E-state index contributed by atoms with van der Waals surface area (Å²) < 4.78 is 11.0. The maximum absolute atomic E-state index is 5.69. The summed E-state index contributed by atoms with van der Waals surface area (Å²) in [6.45, 7) is 4.60. The van der Waals surface area contributed by atoms with Gasteiger partial charge in [-0.1, -0.05) is 12.1 Å². The highest BCUT2D eigenvalue weighted by Crippen LogP contribution is 2.33. The van der Waals surface area contributed by atoms with Gasteiger partial charge in [-0.2, -0.15) is 0 Å². The third-order valence-electron chi connectivity index (χ3n) is 3.60. The van der Waals surface area contributed by atoms with Crippen LogP contribution in [0.3, 0.4) is 0 Å². The number of pyridine rings is 1. The SMILES string of the molecule is CCOc1ccccc1Nc1cc(C)nc2ccc(OC)cc12. The molecule has 1 N–H and O–H groups in total. The van der Waals surface area contributed by atoms with Crippen LogP contribution in [0.4, 0.5) is 11.4 Å². The molecule has 0 spiro atoms. The second kappa shape index (κ2) is 6.57. The number of rotatable bonds is 5. The molecule has 0 amide bonds. The van der Waals surface area contributed by atoms with Crippen LogP contribution in [0.15, 0.2) is 48.5 Å². The van der Waals surface area contributed by atoms with Gasteiger partial charge in [0.05, 0.1) is 24.9 Å². The van der Waals surface area contributed by atoms with E-state index in [9.17, 15) is 0 Å². The van der Waals surface area contributed by atoms with Gasteiger partial charge in [-0.3, -0.25) is 4.98 Å². The number of hydrogen-bond acceptors (Lipinski definition) is 4. The molecule has 118 valence electrons. The fourth-order valence-corrected chi connectivity index (χ4v) is 2.56. The van der Waals surface area contributed by atoms with Crippen molar-refractivity contribution in [2.45, 2.75) is 13.8 Å². The molecule has 0 aliphatic carbocycles. The molecule has 0 saturated heterocycles. The lowest BCUT2D eigenvalue weighted by molar-refractivity contribution is 0.342. The van der Waals surface area contributed by atoms with E-state index < -0.39 is 0 Å². The number of benzene rings is 2. The fraction of sp³-hybridized carbons (Fsp3) is 0.211. The van der Waals surface area contributed by atoms with E-state index in [0.717, 1.165) is 39.5 Å². The zero-order chi connectivity index (χ0) is 16.2. The fourth-order valence-electron chi connectivity index (χ4n) is 2.56. The molecule has 4 heteroatoms. The maximum Gasteiger partial charge on any atom is 0.142 e. The highest BCUT2D eigenvalue weighted by Gasteiger charge is 2.09. The number of ether oxygens (including phenoxy) is 2. The first-order chi connectivity index (χ1) is 11.2. The number of methoxy groups -OCH3 is 1. The average Bonchev–Trinajstić information content (AvgIpc) is 2.56. The van der Waals surface area contributed by atoms with E-state index in [0.29, 0.717) is 6.61 Å². The molecule has 0 aliphatic rings. The molecule has 0 atom stereocenters. The predicted molar refractivity (Wildman–Crippen MR) is 93.9 cm³/mol. The quantitative estimate of drug-likeness (QED) is 0.742. The molecule has 1 aromatic heterocycles. The minimum absolute atomic E-state index is 0.628. The molecule has 2 aromatic carbocycles. The molecule has 0 saturated carbocycles. The first-order valence-corrected chi connectivity index (χ1v) is 7.65. The number of aryl methyl sites for hydroxylation is 1. The van der Waals surface area contributed by atoms with Crippen molar-refractivity contribution in [2.75, 3.05) is 19.0 Å². The lowest BCUT2D eigenvalue weighted by atomic mass is 10.1. The Labute approximate surface area is 136 Å². The van der Waals surface area contributed by atoms with Gasteiger partial charge >= 0.3 is 0 Å². The normalized spacial score (nSPS) is 10.6. The minimum atomic E-state index is 0.628. The smallest absolute Gasteiger partial charge is 0.142 e. The van der Waals surface area contributed by atoms with Gasteiger partial charge in [-0.15, -0.1) is 0 Å². The third-order valence-corrected chi connectivity index (χ3v) is 3.60. The summed E-state index contributed by atoms with van der Waals surface area (Å²) in [7, 11) is 1.67. The van der Waals surface area contributed by atoms with Gasteiger partial charge in [0.2, 0.25) is 0 Å². The molecule has 0 bridgehead atoms. The summed E-state index contributed by atoms with van der Waals surface area (Å²) in [6.07, 6.45) is 0. The second-order valence-corrected chi connectivity index (χ2v) is 5.25. The van der Waals surface area contributed by atoms with Gasteiger partial charge in [0.15, 0.2) is 0 Å². The molecule has 3 aromatic rings. The van der Waals surface area contributed by atoms with Crippen molar-refractivity contribution < 1.29 is 9.47 Å². The summed E-state index contributed by atoms with van der Waals surface area (Å²) >= 11 is 0. The van der Waals surface area contributed by atoms with E-state index in [4.69, 9.17) is 9.47 Å². The van der Waals surface area contributed by atoms with Crippen molar-refractivity contribution in [1.29, 1.82) is 0 Å². The van der Waals surface area contributed by atoms with Crippen molar-refractivity contribution in [2.24, 2.45) is 0 Å². The Morgan fingerprint density at radius 3 is 2.65 bits per heavy atom. The van der Waals surface area contributed by atoms with Crippen molar-refractivity contribution in [3.05, 3.63) is 54.2 Å². The molecular formula is C19H20N2O2. The van der Waals surface area contributed by atoms with Crippen LogP contribution in [0.5, 0.6) is 11.5 Å². The van der Waals surface area contributed by atoms with Crippen LogP contribution in [0.2, 0.25) is 0 Å². The van der Waals surface area contributed by atoms with Gasteiger partial charge in [-0.05, 0) is 50.2 Å². The zero-order valence-electron chi connectivity index (χ0n) is 13.6. The number of nitrogens with zero attached hydrogens (tertiary/aromatic N) is 1. The molecule has 0 radical (unpaired) electrons. The Balaban J connectivity index is 2.09. The van der Waals surface area contributed by atoms with E-state index in [1.807, 2.05) is 62.4 Å². The second-order valence-electron chi connectivity index (χ2n) is 5.25. The Hall–Kier alpha value is -2.75. The van der Waals surface area contributed by atoms with E-state index in [2.05, 4.69) is 10.3 Å². The first kappa shape index (κ1) is 15.2. The van der Waals surface area contributed by atoms with E-state index >= 15 is 0 Å². The number of fused-ring (bicyclic) bond motifs is 1. The molecule has 4 nitrogen and oxygen atoms in total. The number of para-hydroxylation sites is 2. The molecule has 1 heterocycles. The summed E-state index contributed by atoms with van der Waals surface area (Å²) in [5.74, 6) is 1.64. The van der Waals surface area contributed by atoms with Gasteiger partial charge in [-0.25, -0.2) is 0 Å². The van der Waals surface area contributed by atoms with Crippen molar-refractivity contribution in [3.8, 4) is 11.5 Å². The van der Waals surface area contributed by atoms with Crippen LogP contribution in [0, 0.1) is 6.92 Å². The minimum Gasteiger partial charge on any atom is -0.497 e. The lowest BCUT2D eigenvalue weighted by Crippen LogP contribution is -1.99.